The summed E-state index contributed by atoms with van der Waals surface area (Å²) in [7, 11) is 0. The molecule has 1 amide bonds. The van der Waals surface area contributed by atoms with Crippen LogP contribution in [0, 0.1) is 0 Å². The van der Waals surface area contributed by atoms with Gasteiger partial charge in [0.2, 0.25) is 5.91 Å². The van der Waals surface area contributed by atoms with Gasteiger partial charge in [-0.3, -0.25) is 4.79 Å². The maximum atomic E-state index is 12.1. The second-order valence-corrected chi connectivity index (χ2v) is 5.76. The Balaban J connectivity index is 1.65. The first-order chi connectivity index (χ1) is 11.7. The molecule has 24 heavy (non-hydrogen) atoms. The van der Waals surface area contributed by atoms with Gasteiger partial charge in [0.25, 0.3) is 5.89 Å². The van der Waals surface area contributed by atoms with Crippen LogP contribution in [0.4, 0.5) is 5.69 Å². The lowest BCUT2D eigenvalue weighted by Gasteiger charge is -2.06. The van der Waals surface area contributed by atoms with E-state index in [1.54, 1.807) is 30.3 Å². The fourth-order valence-corrected chi connectivity index (χ4v) is 2.69. The Morgan fingerprint density at radius 1 is 1.33 bits per heavy atom. The molecule has 124 valence electrons. The molecule has 0 bridgehead atoms. The number of ether oxygens (including phenoxy) is 1. The minimum Gasteiger partial charge on any atom is -0.494 e. The zero-order valence-corrected chi connectivity index (χ0v) is 13.7. The number of aromatic nitrogens is 2. The van der Waals surface area contributed by atoms with E-state index in [4.69, 9.17) is 9.15 Å². The number of rotatable bonds is 6. The third kappa shape index (κ3) is 3.72. The molecular weight excluding hydrogens is 330 g/mol. The summed E-state index contributed by atoms with van der Waals surface area (Å²) in [6, 6.07) is 10.6. The van der Waals surface area contributed by atoms with E-state index in [0.29, 0.717) is 12.3 Å². The number of hydrogen-bond donors (Lipinski definition) is 1. The molecule has 1 N–H and O–H groups in total. The first kappa shape index (κ1) is 16.0. The number of nitrogens with zero attached hydrogens (tertiary/aromatic N) is 2. The largest absolute Gasteiger partial charge is 0.494 e. The van der Waals surface area contributed by atoms with Crippen molar-refractivity contribution < 1.29 is 13.9 Å². The summed E-state index contributed by atoms with van der Waals surface area (Å²) >= 11 is 1.40. The van der Waals surface area contributed by atoms with Crippen LogP contribution in [-0.4, -0.2) is 22.3 Å². The van der Waals surface area contributed by atoms with Crippen LogP contribution >= 0.6 is 11.3 Å². The predicted molar refractivity (Wildman–Crippen MR) is 90.3 cm³/mol. The molecule has 2 heterocycles. The van der Waals surface area contributed by atoms with Crippen LogP contribution < -0.4 is 15.8 Å². The van der Waals surface area contributed by atoms with Gasteiger partial charge in [0.05, 0.1) is 11.5 Å². The van der Waals surface area contributed by atoms with Crippen LogP contribution in [0.3, 0.4) is 0 Å². The molecule has 0 fully saturated rings. The monoisotopic (exact) mass is 345 g/mol. The lowest BCUT2D eigenvalue weighted by Crippen LogP contribution is -2.25. The lowest BCUT2D eigenvalue weighted by atomic mass is 10.3. The predicted octanol–water partition coefficient (Wildman–Crippen LogP) is 2.60. The van der Waals surface area contributed by atoms with Crippen molar-refractivity contribution in [3.05, 3.63) is 52.3 Å². The van der Waals surface area contributed by atoms with Crippen molar-refractivity contribution in [3.8, 4) is 16.5 Å². The first-order valence-electron chi connectivity index (χ1n) is 7.30. The van der Waals surface area contributed by atoms with Gasteiger partial charge < -0.3 is 14.5 Å². The van der Waals surface area contributed by atoms with E-state index >= 15 is 0 Å². The van der Waals surface area contributed by atoms with E-state index in [9.17, 15) is 9.59 Å². The Bertz CT molecular complexity index is 866. The Kier molecular flexibility index (Phi) is 4.76. The van der Waals surface area contributed by atoms with Crippen LogP contribution in [0.1, 0.15) is 6.92 Å². The normalized spacial score (nSPS) is 10.5. The van der Waals surface area contributed by atoms with E-state index in [-0.39, 0.29) is 18.3 Å². The quantitative estimate of drug-likeness (QED) is 0.742. The number of hydrogen-bond acceptors (Lipinski definition) is 6. The highest BCUT2D eigenvalue weighted by molar-refractivity contribution is 7.13. The standard InChI is InChI=1S/C16H15N3O4S/c1-2-22-12-7-5-11(6-8-12)17-14(20)10-19-16(21)23-15(18-19)13-4-3-9-24-13/h3-9H,2,10H2,1H3,(H,17,20). The van der Waals surface area contributed by atoms with Crippen LogP contribution in [-0.2, 0) is 11.3 Å². The Morgan fingerprint density at radius 2 is 2.12 bits per heavy atom. The van der Waals surface area contributed by atoms with Crippen molar-refractivity contribution in [1.82, 2.24) is 9.78 Å². The van der Waals surface area contributed by atoms with Gasteiger partial charge in [-0.25, -0.2) is 4.79 Å². The molecule has 0 unspecified atom stereocenters. The average molecular weight is 345 g/mol. The van der Waals surface area contributed by atoms with Crippen molar-refractivity contribution >= 4 is 22.9 Å². The van der Waals surface area contributed by atoms with Gasteiger partial charge >= 0.3 is 5.76 Å². The molecule has 2 aromatic heterocycles. The SMILES string of the molecule is CCOc1ccc(NC(=O)Cn2nc(-c3cccs3)oc2=O)cc1. The summed E-state index contributed by atoms with van der Waals surface area (Å²) in [5.41, 5.74) is 0.610. The molecule has 0 aliphatic heterocycles. The van der Waals surface area contributed by atoms with Gasteiger partial charge in [-0.05, 0) is 42.6 Å². The Hall–Kier alpha value is -2.87. The molecule has 8 heteroatoms. The van der Waals surface area contributed by atoms with Crippen molar-refractivity contribution in [1.29, 1.82) is 0 Å². The highest BCUT2D eigenvalue weighted by atomic mass is 32.1. The molecule has 0 aliphatic rings. The number of amides is 1. The van der Waals surface area contributed by atoms with E-state index < -0.39 is 5.76 Å². The number of thiophene rings is 1. The third-order valence-electron chi connectivity index (χ3n) is 3.08. The van der Waals surface area contributed by atoms with Crippen molar-refractivity contribution in [2.75, 3.05) is 11.9 Å². The lowest BCUT2D eigenvalue weighted by molar-refractivity contribution is -0.117. The number of carbonyl (C=O) groups excluding carboxylic acids is 1. The van der Waals surface area contributed by atoms with Gasteiger partial charge in [0.1, 0.15) is 12.3 Å². The van der Waals surface area contributed by atoms with Crippen LogP contribution in [0.25, 0.3) is 10.8 Å². The van der Waals surface area contributed by atoms with Gasteiger partial charge in [-0.2, -0.15) is 4.68 Å². The maximum Gasteiger partial charge on any atom is 0.437 e. The van der Waals surface area contributed by atoms with Gasteiger partial charge in [-0.15, -0.1) is 16.4 Å². The first-order valence-corrected chi connectivity index (χ1v) is 8.18. The van der Waals surface area contributed by atoms with Crippen LogP contribution in [0.15, 0.2) is 51.0 Å². The Morgan fingerprint density at radius 3 is 2.79 bits per heavy atom. The molecule has 0 aliphatic carbocycles. The zero-order chi connectivity index (χ0) is 16.9. The molecule has 0 spiro atoms. The fourth-order valence-electron chi connectivity index (χ4n) is 2.04. The summed E-state index contributed by atoms with van der Waals surface area (Å²) in [4.78, 5) is 24.6. The highest BCUT2D eigenvalue weighted by Gasteiger charge is 2.14. The average Bonchev–Trinajstić information content (AvgIpc) is 3.20. The number of benzene rings is 1. The van der Waals surface area contributed by atoms with E-state index in [1.807, 2.05) is 18.4 Å². The second-order valence-electron chi connectivity index (χ2n) is 4.81. The van der Waals surface area contributed by atoms with Gasteiger partial charge in [0.15, 0.2) is 0 Å². The Labute approximate surface area is 141 Å². The summed E-state index contributed by atoms with van der Waals surface area (Å²) in [6.45, 7) is 2.25. The van der Waals surface area contributed by atoms with E-state index in [2.05, 4.69) is 10.4 Å². The molecule has 7 nitrogen and oxygen atoms in total. The number of nitrogens with one attached hydrogen (secondary N) is 1. The smallest absolute Gasteiger partial charge is 0.437 e. The summed E-state index contributed by atoms with van der Waals surface area (Å²) in [5.74, 6) is -0.0970. The topological polar surface area (TPSA) is 86.4 Å². The molecule has 3 rings (SSSR count). The zero-order valence-electron chi connectivity index (χ0n) is 12.9. The van der Waals surface area contributed by atoms with Crippen molar-refractivity contribution in [2.24, 2.45) is 0 Å². The van der Waals surface area contributed by atoms with E-state index in [0.717, 1.165) is 15.3 Å². The second kappa shape index (κ2) is 7.14. The molecule has 0 saturated heterocycles. The van der Waals surface area contributed by atoms with Crippen molar-refractivity contribution in [2.45, 2.75) is 13.5 Å². The van der Waals surface area contributed by atoms with E-state index in [1.165, 1.54) is 11.3 Å². The fraction of sp³-hybridized carbons (Fsp3) is 0.188. The molecular formula is C16H15N3O4S. The molecule has 0 radical (unpaired) electrons. The summed E-state index contributed by atoms with van der Waals surface area (Å²) < 4.78 is 11.4. The maximum absolute atomic E-state index is 12.1. The highest BCUT2D eigenvalue weighted by Crippen LogP contribution is 2.21. The van der Waals surface area contributed by atoms with Gasteiger partial charge in [0, 0.05) is 5.69 Å². The van der Waals surface area contributed by atoms with Crippen molar-refractivity contribution in [3.63, 3.8) is 0 Å². The number of anilines is 1. The van der Waals surface area contributed by atoms with Crippen LogP contribution in [0.2, 0.25) is 0 Å². The molecule has 0 saturated carbocycles. The van der Waals surface area contributed by atoms with Crippen LogP contribution in [0.5, 0.6) is 5.75 Å². The molecule has 1 aromatic carbocycles. The summed E-state index contributed by atoms with van der Waals surface area (Å²) in [5, 5.41) is 8.59. The molecule has 0 atom stereocenters. The minimum atomic E-state index is -0.666. The summed E-state index contributed by atoms with van der Waals surface area (Å²) in [6.07, 6.45) is 0. The van der Waals surface area contributed by atoms with Gasteiger partial charge in [-0.1, -0.05) is 6.07 Å². The minimum absolute atomic E-state index is 0.212. The molecule has 3 aromatic rings. The third-order valence-corrected chi connectivity index (χ3v) is 3.94. The number of carbonyl (C=O) groups is 1.